The standard InChI is InChI=1S/C11H14ClN3O/c1-8(16)15-5-2-9(7-15)6-10-11(12)14-4-3-13-10/h3-4,9H,2,5-7H2,1H3/t9-/m0/s1. The first-order valence-corrected chi connectivity index (χ1v) is 5.75. The lowest BCUT2D eigenvalue weighted by molar-refractivity contribution is -0.127. The number of amides is 1. The lowest BCUT2D eigenvalue weighted by Crippen LogP contribution is -2.26. The summed E-state index contributed by atoms with van der Waals surface area (Å²) in [5, 5.41) is 0.476. The maximum absolute atomic E-state index is 11.2. The predicted octanol–water partition coefficient (Wildman–Crippen LogP) is 1.54. The molecule has 1 aliphatic heterocycles. The van der Waals surface area contributed by atoms with Crippen LogP contribution in [0.25, 0.3) is 0 Å². The van der Waals surface area contributed by atoms with E-state index in [0.717, 1.165) is 31.6 Å². The van der Waals surface area contributed by atoms with Crippen molar-refractivity contribution in [1.29, 1.82) is 0 Å². The molecule has 0 spiro atoms. The van der Waals surface area contributed by atoms with Gasteiger partial charge in [-0.05, 0) is 18.8 Å². The fourth-order valence-corrected chi connectivity index (χ4v) is 2.23. The molecule has 4 nitrogen and oxygen atoms in total. The van der Waals surface area contributed by atoms with Crippen molar-refractivity contribution in [1.82, 2.24) is 14.9 Å². The smallest absolute Gasteiger partial charge is 0.219 e. The van der Waals surface area contributed by atoms with Crippen molar-refractivity contribution in [2.24, 2.45) is 5.92 Å². The highest BCUT2D eigenvalue weighted by Gasteiger charge is 2.25. The second-order valence-corrected chi connectivity index (χ2v) is 4.48. The van der Waals surface area contributed by atoms with E-state index in [-0.39, 0.29) is 5.91 Å². The Balaban J connectivity index is 1.97. The van der Waals surface area contributed by atoms with Crippen molar-refractivity contribution < 1.29 is 4.79 Å². The molecule has 1 aromatic heterocycles. The Morgan fingerprint density at radius 2 is 2.31 bits per heavy atom. The van der Waals surface area contributed by atoms with Gasteiger partial charge < -0.3 is 4.90 Å². The summed E-state index contributed by atoms with van der Waals surface area (Å²) in [6.45, 7) is 3.26. The van der Waals surface area contributed by atoms with E-state index in [4.69, 9.17) is 11.6 Å². The van der Waals surface area contributed by atoms with Crippen LogP contribution in [0, 0.1) is 5.92 Å². The molecule has 16 heavy (non-hydrogen) atoms. The average molecular weight is 240 g/mol. The van der Waals surface area contributed by atoms with Crippen LogP contribution in [-0.4, -0.2) is 33.9 Å². The summed E-state index contributed by atoms with van der Waals surface area (Å²) in [6, 6.07) is 0. The van der Waals surface area contributed by atoms with Crippen molar-refractivity contribution in [3.63, 3.8) is 0 Å². The monoisotopic (exact) mass is 239 g/mol. The summed E-state index contributed by atoms with van der Waals surface area (Å²) in [4.78, 5) is 21.3. The summed E-state index contributed by atoms with van der Waals surface area (Å²) < 4.78 is 0. The molecule has 1 amide bonds. The van der Waals surface area contributed by atoms with Gasteiger partial charge in [-0.3, -0.25) is 9.78 Å². The van der Waals surface area contributed by atoms with Gasteiger partial charge in [0.1, 0.15) is 5.15 Å². The Bertz CT molecular complexity index is 397. The molecule has 1 atom stereocenters. The fourth-order valence-electron chi connectivity index (χ4n) is 2.05. The molecule has 0 radical (unpaired) electrons. The highest BCUT2D eigenvalue weighted by molar-refractivity contribution is 6.29. The van der Waals surface area contributed by atoms with E-state index in [1.165, 1.54) is 0 Å². The first-order valence-electron chi connectivity index (χ1n) is 5.37. The average Bonchev–Trinajstić information content (AvgIpc) is 2.70. The molecule has 2 rings (SSSR count). The number of carbonyl (C=O) groups is 1. The van der Waals surface area contributed by atoms with E-state index in [1.807, 2.05) is 4.90 Å². The SMILES string of the molecule is CC(=O)N1CC[C@@H](Cc2nccnc2Cl)C1. The minimum absolute atomic E-state index is 0.146. The Labute approximate surface area is 99.6 Å². The molecule has 2 heterocycles. The van der Waals surface area contributed by atoms with Gasteiger partial charge >= 0.3 is 0 Å². The first kappa shape index (κ1) is 11.3. The van der Waals surface area contributed by atoms with E-state index in [2.05, 4.69) is 9.97 Å². The molecule has 0 aliphatic carbocycles. The molecule has 0 aromatic carbocycles. The zero-order valence-corrected chi connectivity index (χ0v) is 9.94. The number of rotatable bonds is 2. The van der Waals surface area contributed by atoms with Crippen molar-refractivity contribution in [2.75, 3.05) is 13.1 Å². The number of hydrogen-bond acceptors (Lipinski definition) is 3. The molecule has 5 heteroatoms. The van der Waals surface area contributed by atoms with Gasteiger partial charge in [0.25, 0.3) is 0 Å². The Kier molecular flexibility index (Phi) is 3.39. The van der Waals surface area contributed by atoms with Gasteiger partial charge in [0, 0.05) is 32.4 Å². The van der Waals surface area contributed by atoms with E-state index in [0.29, 0.717) is 11.1 Å². The van der Waals surface area contributed by atoms with Crippen molar-refractivity contribution in [2.45, 2.75) is 19.8 Å². The molecule has 1 aromatic rings. The first-order chi connectivity index (χ1) is 7.66. The molecule has 0 N–H and O–H groups in total. The topological polar surface area (TPSA) is 46.1 Å². The van der Waals surface area contributed by atoms with Crippen LogP contribution in [0.5, 0.6) is 0 Å². The Morgan fingerprint density at radius 1 is 1.56 bits per heavy atom. The largest absolute Gasteiger partial charge is 0.343 e. The quantitative estimate of drug-likeness (QED) is 0.787. The normalized spacial score (nSPS) is 20.1. The second kappa shape index (κ2) is 4.78. The number of hydrogen-bond donors (Lipinski definition) is 0. The van der Waals surface area contributed by atoms with Crippen molar-refractivity contribution in [3.05, 3.63) is 23.2 Å². The van der Waals surface area contributed by atoms with E-state index in [9.17, 15) is 4.79 Å². The number of likely N-dealkylation sites (tertiary alicyclic amines) is 1. The zero-order chi connectivity index (χ0) is 11.5. The van der Waals surface area contributed by atoms with Crippen LogP contribution in [0.4, 0.5) is 0 Å². The Hall–Kier alpha value is -1.16. The predicted molar refractivity (Wildman–Crippen MR) is 61.1 cm³/mol. The van der Waals surface area contributed by atoms with Crippen LogP contribution >= 0.6 is 11.6 Å². The van der Waals surface area contributed by atoms with Crippen LogP contribution < -0.4 is 0 Å². The highest BCUT2D eigenvalue weighted by atomic mass is 35.5. The fraction of sp³-hybridized carbons (Fsp3) is 0.545. The van der Waals surface area contributed by atoms with Gasteiger partial charge in [-0.2, -0.15) is 0 Å². The lowest BCUT2D eigenvalue weighted by atomic mass is 10.0. The molecule has 0 unspecified atom stereocenters. The molecule has 0 bridgehead atoms. The van der Waals surface area contributed by atoms with Gasteiger partial charge in [0.15, 0.2) is 0 Å². The van der Waals surface area contributed by atoms with Gasteiger partial charge in [-0.15, -0.1) is 0 Å². The summed E-state index contributed by atoms with van der Waals surface area (Å²) in [7, 11) is 0. The number of carbonyl (C=O) groups excluding carboxylic acids is 1. The summed E-state index contributed by atoms with van der Waals surface area (Å²) in [5.41, 5.74) is 0.833. The minimum atomic E-state index is 0.146. The Morgan fingerprint density at radius 3 is 2.94 bits per heavy atom. The van der Waals surface area contributed by atoms with Gasteiger partial charge in [-0.1, -0.05) is 11.6 Å². The summed E-state index contributed by atoms with van der Waals surface area (Å²) >= 11 is 5.95. The molecular weight excluding hydrogens is 226 g/mol. The third-order valence-corrected chi connectivity index (χ3v) is 3.25. The zero-order valence-electron chi connectivity index (χ0n) is 9.19. The van der Waals surface area contributed by atoms with Gasteiger partial charge in [0.05, 0.1) is 5.69 Å². The number of halogens is 1. The molecule has 0 saturated carbocycles. The number of nitrogens with zero attached hydrogens (tertiary/aromatic N) is 3. The molecule has 86 valence electrons. The van der Waals surface area contributed by atoms with Crippen molar-refractivity contribution >= 4 is 17.5 Å². The summed E-state index contributed by atoms with van der Waals surface area (Å²) in [5.74, 6) is 0.603. The molecule has 1 fully saturated rings. The molecular formula is C11H14ClN3O. The summed E-state index contributed by atoms with van der Waals surface area (Å²) in [6.07, 6.45) is 5.06. The van der Waals surface area contributed by atoms with Crippen molar-refractivity contribution in [3.8, 4) is 0 Å². The van der Waals surface area contributed by atoms with Crippen LogP contribution in [0.1, 0.15) is 19.0 Å². The second-order valence-electron chi connectivity index (χ2n) is 4.12. The third-order valence-electron chi connectivity index (χ3n) is 2.94. The maximum Gasteiger partial charge on any atom is 0.219 e. The van der Waals surface area contributed by atoms with Gasteiger partial charge in [0.2, 0.25) is 5.91 Å². The minimum Gasteiger partial charge on any atom is -0.343 e. The van der Waals surface area contributed by atoms with Crippen LogP contribution in [-0.2, 0) is 11.2 Å². The van der Waals surface area contributed by atoms with Gasteiger partial charge in [-0.25, -0.2) is 4.98 Å². The highest BCUT2D eigenvalue weighted by Crippen LogP contribution is 2.22. The van der Waals surface area contributed by atoms with Crippen LogP contribution in [0.2, 0.25) is 5.15 Å². The molecule has 1 saturated heterocycles. The van der Waals surface area contributed by atoms with E-state index in [1.54, 1.807) is 19.3 Å². The van der Waals surface area contributed by atoms with E-state index < -0.39 is 0 Å². The lowest BCUT2D eigenvalue weighted by Gasteiger charge is -2.13. The maximum atomic E-state index is 11.2. The van der Waals surface area contributed by atoms with E-state index >= 15 is 0 Å². The molecule has 1 aliphatic rings. The third kappa shape index (κ3) is 2.50. The number of aromatic nitrogens is 2. The van der Waals surface area contributed by atoms with Crippen LogP contribution in [0.3, 0.4) is 0 Å². The van der Waals surface area contributed by atoms with Crippen LogP contribution in [0.15, 0.2) is 12.4 Å².